The van der Waals surface area contributed by atoms with E-state index in [2.05, 4.69) is 6.58 Å². The molecule has 0 aromatic heterocycles. The zero-order valence-electron chi connectivity index (χ0n) is 12.8. The van der Waals surface area contributed by atoms with Gasteiger partial charge in [-0.05, 0) is 25.8 Å². The van der Waals surface area contributed by atoms with Gasteiger partial charge in [-0.2, -0.15) is 0 Å². The summed E-state index contributed by atoms with van der Waals surface area (Å²) in [6.07, 6.45) is -2.64. The zero-order valence-corrected chi connectivity index (χ0v) is 12.8. The van der Waals surface area contributed by atoms with Crippen LogP contribution in [0, 0.1) is 11.8 Å². The lowest BCUT2D eigenvalue weighted by Crippen LogP contribution is -2.48. The second-order valence-electron chi connectivity index (χ2n) is 6.48. The molecule has 1 heterocycles. The van der Waals surface area contributed by atoms with Crippen LogP contribution in [-0.2, 0) is 19.1 Å². The Bertz CT molecular complexity index is 606. The summed E-state index contributed by atoms with van der Waals surface area (Å²) < 4.78 is 10.8. The molecule has 1 aliphatic heterocycles. The zero-order chi connectivity index (χ0) is 16.4. The minimum absolute atomic E-state index is 0.207. The molecular formula is C16H20O6. The average Bonchev–Trinajstić information content (AvgIpc) is 2.81. The van der Waals surface area contributed by atoms with Gasteiger partial charge in [-0.1, -0.05) is 12.2 Å². The van der Waals surface area contributed by atoms with Crippen molar-refractivity contribution in [3.05, 3.63) is 23.3 Å². The van der Waals surface area contributed by atoms with Crippen LogP contribution in [-0.4, -0.2) is 53.0 Å². The SMILES string of the molecule is C=C1C(=O)O[C@H]2[C@H]1[C@@H](O)CC(C)=C1[C@H](O)C(=O)[C@@](C)(OC)[C@@H]12. The molecule has 0 unspecified atom stereocenters. The van der Waals surface area contributed by atoms with E-state index >= 15 is 0 Å². The maximum Gasteiger partial charge on any atom is 0.334 e. The van der Waals surface area contributed by atoms with E-state index < -0.39 is 47.5 Å². The fraction of sp³-hybridized carbons (Fsp3) is 0.625. The normalized spacial score (nSPS) is 44.8. The molecule has 0 radical (unpaired) electrons. The number of ketones is 1. The largest absolute Gasteiger partial charge is 0.457 e. The highest BCUT2D eigenvalue weighted by Gasteiger charge is 2.64. The van der Waals surface area contributed by atoms with Crippen LogP contribution in [0.4, 0.5) is 0 Å². The molecule has 0 bridgehead atoms. The van der Waals surface area contributed by atoms with Gasteiger partial charge in [0.1, 0.15) is 17.8 Å². The molecule has 6 atom stereocenters. The fourth-order valence-electron chi connectivity index (χ4n) is 4.14. The number of rotatable bonds is 1. The van der Waals surface area contributed by atoms with E-state index in [9.17, 15) is 19.8 Å². The predicted molar refractivity (Wildman–Crippen MR) is 75.8 cm³/mol. The molecule has 3 rings (SSSR count). The van der Waals surface area contributed by atoms with E-state index in [0.29, 0.717) is 5.57 Å². The fourth-order valence-corrected chi connectivity index (χ4v) is 4.14. The predicted octanol–water partition coefficient (Wildman–Crippen LogP) is 0.130. The number of hydrogen-bond donors (Lipinski definition) is 2. The summed E-state index contributed by atoms with van der Waals surface area (Å²) in [6, 6.07) is 0. The van der Waals surface area contributed by atoms with Crippen LogP contribution in [0.15, 0.2) is 23.3 Å². The van der Waals surface area contributed by atoms with Crippen molar-refractivity contribution >= 4 is 11.8 Å². The Labute approximate surface area is 128 Å². The summed E-state index contributed by atoms with van der Waals surface area (Å²) in [6.45, 7) is 7.08. The number of fused-ring (bicyclic) bond motifs is 3. The first-order valence-corrected chi connectivity index (χ1v) is 7.29. The molecule has 6 nitrogen and oxygen atoms in total. The topological polar surface area (TPSA) is 93.1 Å². The van der Waals surface area contributed by atoms with E-state index in [0.717, 1.165) is 5.57 Å². The minimum Gasteiger partial charge on any atom is -0.457 e. The van der Waals surface area contributed by atoms with Crippen LogP contribution in [0.1, 0.15) is 20.3 Å². The van der Waals surface area contributed by atoms with Crippen LogP contribution in [0.25, 0.3) is 0 Å². The van der Waals surface area contributed by atoms with Gasteiger partial charge in [0.05, 0.1) is 17.9 Å². The van der Waals surface area contributed by atoms with E-state index in [-0.39, 0.29) is 12.0 Å². The molecule has 2 aliphatic carbocycles. The first-order valence-electron chi connectivity index (χ1n) is 7.29. The number of methoxy groups -OCH3 is 1. The first-order chi connectivity index (χ1) is 10.2. The molecule has 22 heavy (non-hydrogen) atoms. The molecule has 6 heteroatoms. The van der Waals surface area contributed by atoms with E-state index in [1.165, 1.54) is 7.11 Å². The number of hydrogen-bond acceptors (Lipinski definition) is 6. The quantitative estimate of drug-likeness (QED) is 0.406. The Hall–Kier alpha value is -1.50. The van der Waals surface area contributed by atoms with Gasteiger partial charge in [0.15, 0.2) is 5.78 Å². The Balaban J connectivity index is 2.20. The number of aliphatic hydroxyl groups is 2. The van der Waals surface area contributed by atoms with Crippen molar-refractivity contribution in [3.63, 3.8) is 0 Å². The number of ether oxygens (including phenoxy) is 2. The second kappa shape index (κ2) is 4.75. The number of esters is 1. The maximum absolute atomic E-state index is 12.5. The molecule has 0 aromatic carbocycles. The summed E-state index contributed by atoms with van der Waals surface area (Å²) in [4.78, 5) is 24.4. The van der Waals surface area contributed by atoms with E-state index in [4.69, 9.17) is 9.47 Å². The van der Waals surface area contributed by atoms with Crippen molar-refractivity contribution in [2.75, 3.05) is 7.11 Å². The van der Waals surface area contributed by atoms with Crippen molar-refractivity contribution in [3.8, 4) is 0 Å². The lowest BCUT2D eigenvalue weighted by molar-refractivity contribution is -0.155. The number of carbonyl (C=O) groups excluding carboxylic acids is 2. The molecule has 1 saturated carbocycles. The third-order valence-electron chi connectivity index (χ3n) is 5.40. The van der Waals surface area contributed by atoms with Gasteiger partial charge in [0.2, 0.25) is 0 Å². The lowest BCUT2D eigenvalue weighted by atomic mass is 9.78. The monoisotopic (exact) mass is 308 g/mol. The standard InChI is InChI=1S/C16H20O6/c1-6-5-8(17)10-7(2)15(20)22-13(10)11-9(6)12(18)14(19)16(11,3)21-4/h8,10-13,17-18H,2,5H2,1,3-4H3/t8-,10+,11-,12-,13-,16-/m0/s1. The van der Waals surface area contributed by atoms with Crippen LogP contribution < -0.4 is 0 Å². The van der Waals surface area contributed by atoms with E-state index in [1.54, 1.807) is 13.8 Å². The minimum atomic E-state index is -1.30. The smallest absolute Gasteiger partial charge is 0.334 e. The van der Waals surface area contributed by atoms with Crippen LogP contribution >= 0.6 is 0 Å². The molecule has 3 aliphatic rings. The van der Waals surface area contributed by atoms with Gasteiger partial charge < -0.3 is 19.7 Å². The third kappa shape index (κ3) is 1.71. The summed E-state index contributed by atoms with van der Waals surface area (Å²) in [5.41, 5.74) is 0.146. The number of aliphatic hydroxyl groups excluding tert-OH is 2. The molecule has 1 saturated heterocycles. The number of carbonyl (C=O) groups is 2. The van der Waals surface area contributed by atoms with Crippen molar-refractivity contribution in [2.24, 2.45) is 11.8 Å². The highest BCUT2D eigenvalue weighted by atomic mass is 16.6. The van der Waals surface area contributed by atoms with Gasteiger partial charge in [-0.25, -0.2) is 4.79 Å². The highest BCUT2D eigenvalue weighted by Crippen LogP contribution is 2.52. The second-order valence-corrected chi connectivity index (χ2v) is 6.48. The van der Waals surface area contributed by atoms with Crippen molar-refractivity contribution in [1.29, 1.82) is 0 Å². The Morgan fingerprint density at radius 2 is 2.00 bits per heavy atom. The summed E-state index contributed by atoms with van der Waals surface area (Å²) in [5.74, 6) is -2.24. The first kappa shape index (κ1) is 15.4. The average molecular weight is 308 g/mol. The third-order valence-corrected chi connectivity index (χ3v) is 5.40. The summed E-state index contributed by atoms with van der Waals surface area (Å²) >= 11 is 0. The van der Waals surface area contributed by atoms with E-state index in [1.807, 2.05) is 0 Å². The van der Waals surface area contributed by atoms with Crippen molar-refractivity contribution in [1.82, 2.24) is 0 Å². The molecule has 2 fully saturated rings. The van der Waals surface area contributed by atoms with Crippen LogP contribution in [0.3, 0.4) is 0 Å². The maximum atomic E-state index is 12.5. The van der Waals surface area contributed by atoms with Gasteiger partial charge in [-0.15, -0.1) is 0 Å². The summed E-state index contributed by atoms with van der Waals surface area (Å²) in [7, 11) is 1.39. The van der Waals surface area contributed by atoms with Gasteiger partial charge in [0, 0.05) is 12.7 Å². The molecule has 0 amide bonds. The van der Waals surface area contributed by atoms with Gasteiger partial charge in [0.25, 0.3) is 0 Å². The number of Topliss-reactive ketones (excluding diaryl/α,β-unsaturated/α-hetero) is 1. The van der Waals surface area contributed by atoms with Crippen molar-refractivity contribution < 1.29 is 29.3 Å². The lowest BCUT2D eigenvalue weighted by Gasteiger charge is -2.34. The van der Waals surface area contributed by atoms with Crippen molar-refractivity contribution in [2.45, 2.75) is 44.2 Å². The van der Waals surface area contributed by atoms with Gasteiger partial charge in [-0.3, -0.25) is 4.79 Å². The molecule has 120 valence electrons. The molecular weight excluding hydrogens is 288 g/mol. The van der Waals surface area contributed by atoms with Crippen LogP contribution in [0.2, 0.25) is 0 Å². The van der Waals surface area contributed by atoms with Gasteiger partial charge >= 0.3 is 5.97 Å². The molecule has 0 spiro atoms. The Morgan fingerprint density at radius 1 is 1.36 bits per heavy atom. The van der Waals surface area contributed by atoms with Crippen LogP contribution in [0.5, 0.6) is 0 Å². The summed E-state index contributed by atoms with van der Waals surface area (Å²) in [5, 5.41) is 20.8. The Kier molecular flexibility index (Phi) is 3.32. The molecule has 2 N–H and O–H groups in total. The molecule has 0 aromatic rings. The Morgan fingerprint density at radius 3 is 2.59 bits per heavy atom. The highest BCUT2D eigenvalue weighted by molar-refractivity contribution is 5.99.